The van der Waals surface area contributed by atoms with Crippen molar-refractivity contribution >= 4 is 0 Å². The van der Waals surface area contributed by atoms with Gasteiger partial charge >= 0.3 is 0 Å². The number of phenols is 1. The number of aromatic hydroxyl groups is 1. The van der Waals surface area contributed by atoms with E-state index in [-0.39, 0.29) is 11.7 Å². The molecule has 2 N–H and O–H groups in total. The van der Waals surface area contributed by atoms with Gasteiger partial charge in [-0.15, -0.1) is 0 Å². The van der Waals surface area contributed by atoms with Crippen molar-refractivity contribution in [2.24, 2.45) is 0 Å². The van der Waals surface area contributed by atoms with Crippen LogP contribution in [0.15, 0.2) is 48.8 Å². The second kappa shape index (κ2) is 6.06. The van der Waals surface area contributed by atoms with Crippen molar-refractivity contribution in [2.45, 2.75) is 38.2 Å². The zero-order valence-corrected chi connectivity index (χ0v) is 12.0. The molecule has 106 valence electrons. The molecule has 20 heavy (non-hydrogen) atoms. The molecule has 0 aliphatic heterocycles. The van der Waals surface area contributed by atoms with Crippen LogP contribution >= 0.6 is 0 Å². The lowest BCUT2D eigenvalue weighted by Gasteiger charge is -2.36. The molecule has 0 aliphatic carbocycles. The summed E-state index contributed by atoms with van der Waals surface area (Å²) in [6, 6.07) is 10.7. The average molecular weight is 271 g/mol. The number of hydrogen-bond donors (Lipinski definition) is 2. The number of aromatic nitrogens is 1. The molecule has 2 aromatic rings. The highest BCUT2D eigenvalue weighted by Gasteiger charge is 2.36. The Morgan fingerprint density at radius 2 is 1.65 bits per heavy atom. The van der Waals surface area contributed by atoms with Crippen molar-refractivity contribution in [3.8, 4) is 5.75 Å². The molecule has 0 amide bonds. The Morgan fingerprint density at radius 3 is 2.15 bits per heavy atom. The van der Waals surface area contributed by atoms with E-state index in [0.717, 1.165) is 17.5 Å². The minimum atomic E-state index is -0.941. The SMILES string of the molecule is CC[C@@H](c1ccncc1)[C@@](O)(CC)c1ccc(O)cc1. The van der Waals surface area contributed by atoms with Gasteiger partial charge < -0.3 is 10.2 Å². The van der Waals surface area contributed by atoms with Gasteiger partial charge in [-0.05, 0) is 48.2 Å². The lowest BCUT2D eigenvalue weighted by Crippen LogP contribution is -2.32. The summed E-state index contributed by atoms with van der Waals surface area (Å²) in [4.78, 5) is 4.04. The smallest absolute Gasteiger partial charge is 0.115 e. The summed E-state index contributed by atoms with van der Waals surface area (Å²) in [7, 11) is 0. The van der Waals surface area contributed by atoms with Crippen LogP contribution in [-0.4, -0.2) is 15.2 Å². The number of nitrogens with zero attached hydrogens (tertiary/aromatic N) is 1. The van der Waals surface area contributed by atoms with Gasteiger partial charge in [-0.25, -0.2) is 0 Å². The van der Waals surface area contributed by atoms with Gasteiger partial charge in [0.1, 0.15) is 5.75 Å². The summed E-state index contributed by atoms with van der Waals surface area (Å²) < 4.78 is 0. The van der Waals surface area contributed by atoms with Crippen molar-refractivity contribution in [3.63, 3.8) is 0 Å². The lowest BCUT2D eigenvalue weighted by atomic mass is 9.74. The summed E-state index contributed by atoms with van der Waals surface area (Å²) in [6.45, 7) is 4.06. The molecule has 2 rings (SSSR count). The first kappa shape index (κ1) is 14.5. The van der Waals surface area contributed by atoms with E-state index in [4.69, 9.17) is 0 Å². The van der Waals surface area contributed by atoms with E-state index in [0.29, 0.717) is 6.42 Å². The first-order valence-corrected chi connectivity index (χ1v) is 7.03. The number of hydrogen-bond acceptors (Lipinski definition) is 3. The van der Waals surface area contributed by atoms with Crippen LogP contribution in [0.1, 0.15) is 43.7 Å². The van der Waals surface area contributed by atoms with Crippen LogP contribution in [0.2, 0.25) is 0 Å². The van der Waals surface area contributed by atoms with Gasteiger partial charge in [-0.1, -0.05) is 26.0 Å². The first-order valence-electron chi connectivity index (χ1n) is 7.03. The third kappa shape index (κ3) is 2.68. The van der Waals surface area contributed by atoms with Gasteiger partial charge in [0.15, 0.2) is 0 Å². The Morgan fingerprint density at radius 1 is 1.05 bits per heavy atom. The highest BCUT2D eigenvalue weighted by molar-refractivity contribution is 5.34. The second-order valence-corrected chi connectivity index (χ2v) is 5.07. The van der Waals surface area contributed by atoms with Gasteiger partial charge in [0, 0.05) is 18.3 Å². The topological polar surface area (TPSA) is 53.4 Å². The van der Waals surface area contributed by atoms with E-state index in [1.165, 1.54) is 0 Å². The summed E-state index contributed by atoms with van der Waals surface area (Å²) in [5.74, 6) is 0.212. The maximum absolute atomic E-state index is 11.2. The van der Waals surface area contributed by atoms with E-state index in [2.05, 4.69) is 11.9 Å². The molecule has 1 aromatic heterocycles. The van der Waals surface area contributed by atoms with Crippen molar-refractivity contribution in [3.05, 3.63) is 59.9 Å². The predicted octanol–water partition coefficient (Wildman–Crippen LogP) is 3.58. The largest absolute Gasteiger partial charge is 0.508 e. The summed E-state index contributed by atoms with van der Waals surface area (Å²) in [5, 5.41) is 20.6. The Labute approximate surface area is 119 Å². The second-order valence-electron chi connectivity index (χ2n) is 5.07. The minimum absolute atomic E-state index is 0.0000397. The molecule has 0 unspecified atom stereocenters. The van der Waals surface area contributed by atoms with Crippen molar-refractivity contribution in [2.75, 3.05) is 0 Å². The highest BCUT2D eigenvalue weighted by Crippen LogP contribution is 2.41. The highest BCUT2D eigenvalue weighted by atomic mass is 16.3. The zero-order chi connectivity index (χ0) is 14.6. The molecule has 0 aliphatic rings. The van der Waals surface area contributed by atoms with Crippen LogP contribution in [0.4, 0.5) is 0 Å². The van der Waals surface area contributed by atoms with Crippen molar-refractivity contribution < 1.29 is 10.2 Å². The van der Waals surface area contributed by atoms with Crippen LogP contribution in [0, 0.1) is 0 Å². The monoisotopic (exact) mass is 271 g/mol. The first-order chi connectivity index (χ1) is 9.61. The quantitative estimate of drug-likeness (QED) is 0.874. The standard InChI is InChI=1S/C17H21NO2/c1-3-16(13-9-11-18-12-10-13)17(20,4-2)14-5-7-15(19)8-6-14/h5-12,16,19-20H,3-4H2,1-2H3/t16-,17+/m0/s1. The molecular weight excluding hydrogens is 250 g/mol. The van der Waals surface area contributed by atoms with Crippen LogP contribution in [-0.2, 0) is 5.60 Å². The van der Waals surface area contributed by atoms with Gasteiger partial charge in [0.25, 0.3) is 0 Å². The fourth-order valence-corrected chi connectivity index (χ4v) is 2.85. The third-order valence-electron chi connectivity index (χ3n) is 4.00. The normalized spacial score (nSPS) is 15.6. The van der Waals surface area contributed by atoms with Crippen LogP contribution < -0.4 is 0 Å². The molecule has 0 spiro atoms. The Balaban J connectivity index is 2.45. The predicted molar refractivity (Wildman–Crippen MR) is 79.6 cm³/mol. The van der Waals surface area contributed by atoms with E-state index in [9.17, 15) is 10.2 Å². The Hall–Kier alpha value is -1.87. The van der Waals surface area contributed by atoms with Crippen molar-refractivity contribution in [1.29, 1.82) is 0 Å². The summed E-state index contributed by atoms with van der Waals surface area (Å²) in [6.07, 6.45) is 4.95. The number of aliphatic hydroxyl groups is 1. The number of pyridine rings is 1. The van der Waals surface area contributed by atoms with Gasteiger partial charge in [-0.3, -0.25) is 4.98 Å². The molecule has 0 radical (unpaired) electrons. The molecular formula is C17H21NO2. The molecule has 0 bridgehead atoms. The van der Waals surface area contributed by atoms with E-state index >= 15 is 0 Å². The third-order valence-corrected chi connectivity index (χ3v) is 4.00. The van der Waals surface area contributed by atoms with Crippen LogP contribution in [0.3, 0.4) is 0 Å². The molecule has 0 saturated heterocycles. The van der Waals surface area contributed by atoms with Crippen LogP contribution in [0.5, 0.6) is 5.75 Å². The molecule has 3 heteroatoms. The maximum Gasteiger partial charge on any atom is 0.115 e. The molecule has 0 fully saturated rings. The number of rotatable bonds is 5. The number of benzene rings is 1. The zero-order valence-electron chi connectivity index (χ0n) is 12.0. The van der Waals surface area contributed by atoms with E-state index < -0.39 is 5.60 Å². The Kier molecular flexibility index (Phi) is 4.40. The average Bonchev–Trinajstić information content (AvgIpc) is 2.49. The lowest BCUT2D eigenvalue weighted by molar-refractivity contribution is 0.00143. The summed E-state index contributed by atoms with van der Waals surface area (Å²) >= 11 is 0. The maximum atomic E-state index is 11.2. The van der Waals surface area contributed by atoms with Gasteiger partial charge in [0.2, 0.25) is 0 Å². The van der Waals surface area contributed by atoms with Crippen LogP contribution in [0.25, 0.3) is 0 Å². The molecule has 1 aromatic carbocycles. The van der Waals surface area contributed by atoms with E-state index in [1.807, 2.05) is 19.1 Å². The molecule has 3 nitrogen and oxygen atoms in total. The number of phenolic OH excluding ortho intramolecular Hbond substituents is 1. The molecule has 2 atom stereocenters. The summed E-state index contributed by atoms with van der Waals surface area (Å²) in [5.41, 5.74) is 0.977. The van der Waals surface area contributed by atoms with E-state index in [1.54, 1.807) is 36.7 Å². The fraction of sp³-hybridized carbons (Fsp3) is 0.353. The van der Waals surface area contributed by atoms with Crippen molar-refractivity contribution in [1.82, 2.24) is 4.98 Å². The minimum Gasteiger partial charge on any atom is -0.508 e. The molecule has 0 saturated carbocycles. The molecule has 1 heterocycles. The fourth-order valence-electron chi connectivity index (χ4n) is 2.85. The Bertz CT molecular complexity index is 539. The van der Waals surface area contributed by atoms with Gasteiger partial charge in [0.05, 0.1) is 5.60 Å². The van der Waals surface area contributed by atoms with Gasteiger partial charge in [-0.2, -0.15) is 0 Å².